The summed E-state index contributed by atoms with van der Waals surface area (Å²) in [5, 5.41) is 53.7. The maximum atomic E-state index is 13.6. The van der Waals surface area contributed by atoms with Crippen molar-refractivity contribution in [2.45, 2.75) is 88.6 Å². The van der Waals surface area contributed by atoms with Crippen LogP contribution in [0.4, 0.5) is 0 Å². The number of benzene rings is 2. The summed E-state index contributed by atoms with van der Waals surface area (Å²) < 4.78 is 21.6. The number of fused-ring (bicyclic) bond motifs is 3. The first-order valence-corrected chi connectivity index (χ1v) is 18.0. The van der Waals surface area contributed by atoms with E-state index < -0.39 is 95.7 Å². The molecular weight excluding hydrogens is 718 g/mol. The number of rotatable bonds is 10. The molecule has 1 fully saturated rings. The van der Waals surface area contributed by atoms with Gasteiger partial charge >= 0.3 is 5.97 Å². The maximum absolute atomic E-state index is 13.6. The van der Waals surface area contributed by atoms with Crippen molar-refractivity contribution in [3.8, 4) is 17.2 Å². The van der Waals surface area contributed by atoms with Gasteiger partial charge in [-0.05, 0) is 37.8 Å². The molecule has 0 saturated carbocycles. The second-order valence-electron chi connectivity index (χ2n) is 14.1. The van der Waals surface area contributed by atoms with E-state index in [0.717, 1.165) is 6.42 Å². The van der Waals surface area contributed by atoms with Crippen LogP contribution in [0.15, 0.2) is 42.5 Å². The van der Waals surface area contributed by atoms with E-state index in [4.69, 9.17) is 19.9 Å². The molecule has 0 unspecified atom stereocenters. The molecule has 6 rings (SSSR count). The van der Waals surface area contributed by atoms with Crippen LogP contribution < -0.4 is 10.5 Å². The van der Waals surface area contributed by atoms with Gasteiger partial charge in [-0.25, -0.2) is 0 Å². The summed E-state index contributed by atoms with van der Waals surface area (Å²) in [7, 11) is 2.69. The molecule has 1 saturated heterocycles. The van der Waals surface area contributed by atoms with Gasteiger partial charge in [0.25, 0.3) is 0 Å². The number of aromatic hydroxyl groups is 2. The van der Waals surface area contributed by atoms with E-state index in [1.54, 1.807) is 13.0 Å². The molecule has 7 N–H and O–H groups in total. The molecule has 2 aromatic rings. The Morgan fingerprint density at radius 2 is 1.76 bits per heavy atom. The van der Waals surface area contributed by atoms with Crippen molar-refractivity contribution in [3.05, 3.63) is 75.9 Å². The number of esters is 1. The van der Waals surface area contributed by atoms with Crippen LogP contribution in [0.1, 0.15) is 95.0 Å². The summed E-state index contributed by atoms with van der Waals surface area (Å²) in [6.07, 6.45) is 4.31. The number of nitrogens with two attached hydrogens (primary N) is 1. The van der Waals surface area contributed by atoms with Gasteiger partial charge in [0.15, 0.2) is 23.6 Å². The Bertz CT molecular complexity index is 1910. The fraction of sp³-hybridized carbons (Fsp3) is 0.475. The van der Waals surface area contributed by atoms with Gasteiger partial charge in [0.1, 0.15) is 29.5 Å². The molecule has 2 aromatic carbocycles. The average molecular weight is 766 g/mol. The molecule has 1 heterocycles. The van der Waals surface area contributed by atoms with Crippen molar-refractivity contribution in [1.29, 1.82) is 0 Å². The molecule has 296 valence electrons. The zero-order chi connectivity index (χ0) is 40.4. The fourth-order valence-corrected chi connectivity index (χ4v) is 7.62. The first-order valence-electron chi connectivity index (χ1n) is 18.0. The number of Topliss-reactive ketones (excluding diaryl/α,β-unsaturated/α-hetero) is 1. The largest absolute Gasteiger partial charge is 0.507 e. The van der Waals surface area contributed by atoms with Gasteiger partial charge in [-0.2, -0.15) is 0 Å². The van der Waals surface area contributed by atoms with Crippen molar-refractivity contribution in [3.63, 3.8) is 0 Å². The second kappa shape index (κ2) is 16.9. The molecule has 4 aliphatic rings. The van der Waals surface area contributed by atoms with E-state index >= 15 is 0 Å². The van der Waals surface area contributed by atoms with Crippen molar-refractivity contribution in [2.24, 2.45) is 17.6 Å². The Hall–Kier alpha value is -4.77. The number of ketones is 4. The number of allylic oxidation sites excluding steroid dienone is 4. The quantitative estimate of drug-likeness (QED) is 0.0984. The predicted molar refractivity (Wildman–Crippen MR) is 194 cm³/mol. The smallest absolute Gasteiger partial charge is 0.306 e. The number of carbonyl (C=O) groups excluding carboxylic acids is 5. The Kier molecular flexibility index (Phi) is 12.7. The van der Waals surface area contributed by atoms with E-state index in [1.807, 2.05) is 18.2 Å². The molecule has 15 heteroatoms. The fourth-order valence-electron chi connectivity index (χ4n) is 7.62. The molecule has 3 aliphatic carbocycles. The number of hydrogen-bond acceptors (Lipinski definition) is 15. The highest BCUT2D eigenvalue weighted by Gasteiger charge is 2.50. The normalized spacial score (nSPS) is 28.2. The van der Waals surface area contributed by atoms with Crippen LogP contribution in [-0.2, 0) is 35.0 Å². The number of aliphatic hydroxyl groups is 3. The van der Waals surface area contributed by atoms with Crippen molar-refractivity contribution < 1.29 is 68.5 Å². The van der Waals surface area contributed by atoms with E-state index in [0.29, 0.717) is 12.8 Å². The van der Waals surface area contributed by atoms with E-state index in [9.17, 15) is 49.5 Å². The Morgan fingerprint density at radius 3 is 2.40 bits per heavy atom. The summed E-state index contributed by atoms with van der Waals surface area (Å²) in [6.45, 7) is 2.61. The Labute approximate surface area is 317 Å². The molecule has 0 spiro atoms. The van der Waals surface area contributed by atoms with E-state index in [2.05, 4.69) is 11.7 Å². The number of ether oxygens (including phenoxy) is 4. The van der Waals surface area contributed by atoms with Gasteiger partial charge < -0.3 is 50.2 Å². The van der Waals surface area contributed by atoms with Crippen molar-refractivity contribution >= 4 is 29.1 Å². The van der Waals surface area contributed by atoms with Crippen LogP contribution in [0.25, 0.3) is 0 Å². The first-order chi connectivity index (χ1) is 26.1. The third-order valence-corrected chi connectivity index (χ3v) is 10.6. The molecule has 1 aliphatic heterocycles. The molecule has 0 aromatic heterocycles. The van der Waals surface area contributed by atoms with Crippen molar-refractivity contribution in [2.75, 3.05) is 20.8 Å². The zero-order valence-electron chi connectivity index (χ0n) is 31.0. The van der Waals surface area contributed by atoms with Crippen LogP contribution in [0.3, 0.4) is 0 Å². The summed E-state index contributed by atoms with van der Waals surface area (Å²) in [6, 6.07) is 3.64. The Balaban J connectivity index is 0.000000305. The van der Waals surface area contributed by atoms with Crippen LogP contribution in [0.2, 0.25) is 0 Å². The third-order valence-electron chi connectivity index (χ3n) is 10.6. The molecule has 55 heavy (non-hydrogen) atoms. The van der Waals surface area contributed by atoms with Gasteiger partial charge in [0.2, 0.25) is 5.78 Å². The highest BCUT2D eigenvalue weighted by molar-refractivity contribution is 6.31. The van der Waals surface area contributed by atoms with Gasteiger partial charge in [-0.1, -0.05) is 37.3 Å². The molecule has 0 amide bonds. The maximum Gasteiger partial charge on any atom is 0.306 e. The van der Waals surface area contributed by atoms with Crippen molar-refractivity contribution in [1.82, 2.24) is 0 Å². The summed E-state index contributed by atoms with van der Waals surface area (Å²) >= 11 is 0. The monoisotopic (exact) mass is 765 g/mol. The first kappa shape index (κ1) is 41.4. The number of phenolic OH excluding ortho intramolecular Hbond substituents is 2. The minimum atomic E-state index is -2.24. The lowest BCUT2D eigenvalue weighted by molar-refractivity contribution is -0.247. The zero-order valence-corrected chi connectivity index (χ0v) is 31.0. The standard InChI is InChI=1S/C27H29NO11.C13H18O3/c1-10-22(31)13(28)6-17(38-10)39-15-8-27(36,16(30)9-29)7-12-19(15)26(35)21-20(24(12)33)23(32)11-4-3-5-14(37-2)18(11)25(21)34;1-3-4-5-6-11-10(7-8-12(11)14)9-13(15)16-2/h3-5,10,13,15,17,22,29,31,33,35-36H,6-9,28H2,1-2H3;4-5,7-8,10-11H,3,6,9H2,1-2H3/b;5-4+/t10-,13-,15-,17-,22+,27-;10-,11-/m01/s1. The number of hydrogen-bond donors (Lipinski definition) is 6. The number of phenols is 2. The lowest BCUT2D eigenvalue weighted by Gasteiger charge is -2.42. The van der Waals surface area contributed by atoms with Gasteiger partial charge in [-0.3, -0.25) is 24.0 Å². The minimum absolute atomic E-state index is 0.00135. The number of aliphatic hydroxyl groups excluding tert-OH is 2. The van der Waals surface area contributed by atoms with Gasteiger partial charge in [0, 0.05) is 47.9 Å². The average Bonchev–Trinajstić information content (AvgIpc) is 3.51. The SMILES string of the molecule is CC/C=C/C[C@H]1C(=O)C=C[C@@H]1CC(=O)OC.COc1cccc2c1C(=O)c1c(O)c3c(c(O)c1C2=O)C[C@@](O)(C(=O)CO)C[C@@H]3O[C@H]1C[C@H](N)[C@H](O)[C@H](C)O1. The lowest BCUT2D eigenvalue weighted by atomic mass is 9.72. The highest BCUT2D eigenvalue weighted by atomic mass is 16.7. The van der Waals surface area contributed by atoms with E-state index in [1.165, 1.54) is 32.4 Å². The van der Waals surface area contributed by atoms with E-state index in [-0.39, 0.29) is 58.0 Å². The third kappa shape index (κ3) is 7.99. The van der Waals surface area contributed by atoms with Crippen LogP contribution in [-0.4, -0.2) is 106 Å². The van der Waals surface area contributed by atoms with Crippen LogP contribution in [0, 0.1) is 11.8 Å². The lowest BCUT2D eigenvalue weighted by Crippen LogP contribution is -2.53. The summed E-state index contributed by atoms with van der Waals surface area (Å²) in [5.41, 5.74) is 2.37. The molecular formula is C40H47NO14. The number of methoxy groups -OCH3 is 2. The molecule has 0 radical (unpaired) electrons. The topological polar surface area (TPSA) is 249 Å². The van der Waals surface area contributed by atoms with Crippen LogP contribution >= 0.6 is 0 Å². The second-order valence-corrected chi connectivity index (χ2v) is 14.1. The summed E-state index contributed by atoms with van der Waals surface area (Å²) in [5.74, 6) is -3.99. The number of carbonyl (C=O) groups is 5. The van der Waals surface area contributed by atoms with Crippen LogP contribution in [0.5, 0.6) is 17.2 Å². The highest BCUT2D eigenvalue weighted by Crippen LogP contribution is 2.52. The Morgan fingerprint density at radius 1 is 1.05 bits per heavy atom. The van der Waals surface area contributed by atoms with Gasteiger partial charge in [-0.15, -0.1) is 0 Å². The predicted octanol–water partition coefficient (Wildman–Crippen LogP) is 2.28. The van der Waals surface area contributed by atoms with Gasteiger partial charge in [0.05, 0.1) is 55.6 Å². The minimum Gasteiger partial charge on any atom is -0.507 e. The molecule has 15 nitrogen and oxygen atoms in total. The molecule has 0 bridgehead atoms. The summed E-state index contributed by atoms with van der Waals surface area (Å²) in [4.78, 5) is 62.5. The molecule has 8 atom stereocenters.